The Hall–Kier alpha value is -0.610. The second kappa shape index (κ2) is 9.34. The number of carboxylic acids is 1. The molecule has 18 heavy (non-hydrogen) atoms. The number of Topliss-reactive ketones (excluding diaryl/α,β-unsaturated/α-hetero) is 1. The maximum atomic E-state index is 10.9. The Kier molecular flexibility index (Phi) is 9.02. The van der Waals surface area contributed by atoms with Crippen molar-refractivity contribution in [2.24, 2.45) is 0 Å². The van der Waals surface area contributed by atoms with Crippen LogP contribution in [0, 0.1) is 0 Å². The number of carboxylic acid groups (broad SMARTS) is 1. The number of halogens is 1. The second-order valence-electron chi connectivity index (χ2n) is 4.85. The zero-order chi connectivity index (χ0) is 14.0. The average molecular weight is 279 g/mol. The third-order valence-electron chi connectivity index (χ3n) is 2.73. The molecule has 5 heteroatoms. The summed E-state index contributed by atoms with van der Waals surface area (Å²) in [6.07, 6.45) is 5.32. The molecule has 0 bridgehead atoms. The first-order valence-electron chi connectivity index (χ1n) is 6.35. The molecule has 0 unspecified atom stereocenters. The van der Waals surface area contributed by atoms with Crippen LogP contribution < -0.4 is 0 Å². The summed E-state index contributed by atoms with van der Waals surface area (Å²) in [4.78, 5) is 21.7. The van der Waals surface area contributed by atoms with Gasteiger partial charge in [-0.15, -0.1) is 11.6 Å². The van der Waals surface area contributed by atoms with E-state index in [0.29, 0.717) is 13.0 Å². The summed E-state index contributed by atoms with van der Waals surface area (Å²) in [7, 11) is 0. The normalized spacial score (nSPS) is 11.5. The maximum Gasteiger partial charge on any atom is 0.335 e. The molecule has 0 aliphatic carbocycles. The number of unbranched alkanes of at least 4 members (excludes halogenated alkanes) is 4. The zero-order valence-electron chi connectivity index (χ0n) is 11.2. The Bertz CT molecular complexity index is 264. The van der Waals surface area contributed by atoms with Crippen LogP contribution in [0.25, 0.3) is 0 Å². The molecule has 0 fully saturated rings. The molecule has 106 valence electrons. The van der Waals surface area contributed by atoms with Crippen LogP contribution in [0.15, 0.2) is 0 Å². The monoisotopic (exact) mass is 278 g/mol. The predicted octanol–water partition coefficient (Wildman–Crippen LogP) is 3.01. The number of ketones is 1. The number of aliphatic carboxylic acids is 1. The quantitative estimate of drug-likeness (QED) is 0.466. The number of carbonyl (C=O) groups excluding carboxylic acids is 1. The molecule has 0 radical (unpaired) electrons. The highest BCUT2D eigenvalue weighted by Crippen LogP contribution is 2.11. The Morgan fingerprint density at radius 1 is 1.11 bits per heavy atom. The van der Waals surface area contributed by atoms with Crippen molar-refractivity contribution in [2.75, 3.05) is 12.5 Å². The number of ether oxygens (including phenoxy) is 1. The highest BCUT2D eigenvalue weighted by Gasteiger charge is 2.27. The highest BCUT2D eigenvalue weighted by molar-refractivity contribution is 6.27. The van der Waals surface area contributed by atoms with Crippen LogP contribution in [-0.2, 0) is 14.3 Å². The maximum absolute atomic E-state index is 10.9. The van der Waals surface area contributed by atoms with Gasteiger partial charge in [0.15, 0.2) is 5.60 Å². The van der Waals surface area contributed by atoms with Crippen molar-refractivity contribution in [1.82, 2.24) is 0 Å². The fourth-order valence-electron chi connectivity index (χ4n) is 1.41. The van der Waals surface area contributed by atoms with Crippen LogP contribution in [0.5, 0.6) is 0 Å². The fourth-order valence-corrected chi connectivity index (χ4v) is 1.54. The van der Waals surface area contributed by atoms with Crippen LogP contribution >= 0.6 is 11.6 Å². The summed E-state index contributed by atoms with van der Waals surface area (Å²) in [6.45, 7) is 3.56. The first kappa shape index (κ1) is 17.4. The van der Waals surface area contributed by atoms with E-state index in [1.54, 1.807) is 13.8 Å². The molecule has 0 amide bonds. The lowest BCUT2D eigenvalue weighted by Crippen LogP contribution is -2.35. The summed E-state index contributed by atoms with van der Waals surface area (Å²) >= 11 is 5.39. The van der Waals surface area contributed by atoms with Gasteiger partial charge in [0.05, 0.1) is 5.88 Å². The number of alkyl halides is 1. The van der Waals surface area contributed by atoms with E-state index in [1.807, 2.05) is 0 Å². The molecule has 0 aliphatic heterocycles. The molecule has 0 aromatic carbocycles. The number of hydrogen-bond acceptors (Lipinski definition) is 3. The second-order valence-corrected chi connectivity index (χ2v) is 5.12. The Labute approximate surface area is 114 Å². The Morgan fingerprint density at radius 2 is 1.67 bits per heavy atom. The molecule has 4 nitrogen and oxygen atoms in total. The third-order valence-corrected chi connectivity index (χ3v) is 3.03. The van der Waals surface area contributed by atoms with Gasteiger partial charge in [0.1, 0.15) is 5.78 Å². The third kappa shape index (κ3) is 8.48. The van der Waals surface area contributed by atoms with E-state index in [-0.39, 0.29) is 11.7 Å². The Morgan fingerprint density at radius 3 is 2.22 bits per heavy atom. The lowest BCUT2D eigenvalue weighted by molar-refractivity contribution is -0.161. The molecule has 0 saturated heterocycles. The number of hydrogen-bond donors (Lipinski definition) is 1. The van der Waals surface area contributed by atoms with Gasteiger partial charge in [-0.25, -0.2) is 4.79 Å². The Balaban J connectivity index is 3.37. The molecule has 0 aromatic rings. The van der Waals surface area contributed by atoms with Gasteiger partial charge in [-0.3, -0.25) is 4.79 Å². The van der Waals surface area contributed by atoms with Gasteiger partial charge in [0, 0.05) is 13.0 Å². The van der Waals surface area contributed by atoms with Crippen LogP contribution in [0.2, 0.25) is 0 Å². The lowest BCUT2D eigenvalue weighted by atomic mass is 10.1. The van der Waals surface area contributed by atoms with Crippen molar-refractivity contribution in [2.45, 2.75) is 58.0 Å². The summed E-state index contributed by atoms with van der Waals surface area (Å²) in [5.41, 5.74) is -1.10. The van der Waals surface area contributed by atoms with Crippen LogP contribution in [0.1, 0.15) is 52.4 Å². The van der Waals surface area contributed by atoms with Gasteiger partial charge in [-0.2, -0.15) is 0 Å². The van der Waals surface area contributed by atoms with Gasteiger partial charge in [-0.05, 0) is 26.7 Å². The summed E-state index contributed by atoms with van der Waals surface area (Å²) in [6, 6.07) is 0. The van der Waals surface area contributed by atoms with Gasteiger partial charge in [0.25, 0.3) is 0 Å². The minimum atomic E-state index is -1.10. The number of rotatable bonds is 11. The molecule has 0 aromatic heterocycles. The molecule has 1 N–H and O–H groups in total. The fraction of sp³-hybridized carbons (Fsp3) is 0.846. The average Bonchev–Trinajstić information content (AvgIpc) is 2.31. The molecule has 0 atom stereocenters. The molecular formula is C13H23ClO4. The van der Waals surface area contributed by atoms with Gasteiger partial charge < -0.3 is 9.84 Å². The summed E-state index contributed by atoms with van der Waals surface area (Å²) in [5, 5.41) is 8.82. The highest BCUT2D eigenvalue weighted by atomic mass is 35.5. The van der Waals surface area contributed by atoms with Gasteiger partial charge in [0.2, 0.25) is 0 Å². The van der Waals surface area contributed by atoms with E-state index in [2.05, 4.69) is 0 Å². The molecule has 0 heterocycles. The van der Waals surface area contributed by atoms with E-state index in [4.69, 9.17) is 21.4 Å². The van der Waals surface area contributed by atoms with Crippen LogP contribution in [-0.4, -0.2) is 34.9 Å². The first-order chi connectivity index (χ1) is 8.40. The summed E-state index contributed by atoms with van der Waals surface area (Å²) in [5.74, 6) is -0.733. The van der Waals surface area contributed by atoms with E-state index in [1.165, 1.54) is 0 Å². The zero-order valence-corrected chi connectivity index (χ0v) is 12.0. The predicted molar refractivity (Wildman–Crippen MR) is 71.1 cm³/mol. The summed E-state index contributed by atoms with van der Waals surface area (Å²) < 4.78 is 5.28. The van der Waals surface area contributed by atoms with E-state index in [9.17, 15) is 9.59 Å². The van der Waals surface area contributed by atoms with Crippen molar-refractivity contribution in [3.8, 4) is 0 Å². The van der Waals surface area contributed by atoms with Gasteiger partial charge >= 0.3 is 5.97 Å². The van der Waals surface area contributed by atoms with Crippen LogP contribution in [0.4, 0.5) is 0 Å². The van der Waals surface area contributed by atoms with Gasteiger partial charge in [-0.1, -0.05) is 19.3 Å². The minimum Gasteiger partial charge on any atom is -0.479 e. The van der Waals surface area contributed by atoms with Crippen LogP contribution in [0.3, 0.4) is 0 Å². The SMILES string of the molecule is CC(C)(OCCCCCCCC(=O)CCl)C(=O)O. The van der Waals surface area contributed by atoms with E-state index < -0.39 is 11.6 Å². The molecule has 0 aliphatic rings. The van der Waals surface area contributed by atoms with Crippen molar-refractivity contribution in [3.63, 3.8) is 0 Å². The van der Waals surface area contributed by atoms with Crippen molar-refractivity contribution in [3.05, 3.63) is 0 Å². The van der Waals surface area contributed by atoms with Crippen molar-refractivity contribution >= 4 is 23.4 Å². The molecule has 0 saturated carbocycles. The van der Waals surface area contributed by atoms with Crippen molar-refractivity contribution < 1.29 is 19.4 Å². The molecular weight excluding hydrogens is 256 g/mol. The van der Waals surface area contributed by atoms with Crippen molar-refractivity contribution in [1.29, 1.82) is 0 Å². The van der Waals surface area contributed by atoms with E-state index >= 15 is 0 Å². The smallest absolute Gasteiger partial charge is 0.335 e. The van der Waals surface area contributed by atoms with E-state index in [0.717, 1.165) is 32.1 Å². The topological polar surface area (TPSA) is 63.6 Å². The molecule has 0 spiro atoms. The standard InChI is InChI=1S/C13H23ClO4/c1-13(2,12(16)17)18-9-7-5-3-4-6-8-11(15)10-14/h3-10H2,1-2H3,(H,16,17). The minimum absolute atomic E-state index is 0.100. The largest absolute Gasteiger partial charge is 0.479 e. The molecule has 0 rings (SSSR count). The lowest BCUT2D eigenvalue weighted by Gasteiger charge is -2.19. The first-order valence-corrected chi connectivity index (χ1v) is 6.88. The number of carbonyl (C=O) groups is 2.